The van der Waals surface area contributed by atoms with Gasteiger partial charge < -0.3 is 16.4 Å². The fraction of sp³-hybridized carbons (Fsp3) is 0.538. The van der Waals surface area contributed by atoms with Gasteiger partial charge in [-0.1, -0.05) is 6.07 Å². The summed E-state index contributed by atoms with van der Waals surface area (Å²) < 4.78 is 0. The van der Waals surface area contributed by atoms with Crippen molar-refractivity contribution in [1.29, 1.82) is 0 Å². The summed E-state index contributed by atoms with van der Waals surface area (Å²) in [6.07, 6.45) is 0. The monoisotopic (exact) mass is 221 g/mol. The van der Waals surface area contributed by atoms with E-state index < -0.39 is 0 Å². The Kier molecular flexibility index (Phi) is 4.33. The Morgan fingerprint density at radius 1 is 1.19 bits per heavy atom. The number of hydrogen-bond acceptors (Lipinski definition) is 3. The van der Waals surface area contributed by atoms with Crippen molar-refractivity contribution in [3.05, 3.63) is 28.8 Å². The molecule has 0 aliphatic carbocycles. The first-order valence-corrected chi connectivity index (χ1v) is 5.71. The molecular weight excluding hydrogens is 198 g/mol. The zero-order valence-corrected chi connectivity index (χ0v) is 10.7. The van der Waals surface area contributed by atoms with Crippen molar-refractivity contribution in [1.82, 2.24) is 0 Å². The largest absolute Gasteiger partial charge is 0.373 e. The Bertz CT molecular complexity index is 360. The van der Waals surface area contributed by atoms with E-state index in [-0.39, 0.29) is 6.04 Å². The topological polar surface area (TPSA) is 55.3 Å². The molecule has 3 nitrogen and oxygen atoms in total. The quantitative estimate of drug-likeness (QED) is 0.806. The van der Waals surface area contributed by atoms with Crippen molar-refractivity contribution in [3.63, 3.8) is 0 Å². The molecule has 4 N–H and O–H groups in total. The summed E-state index contributed by atoms with van der Waals surface area (Å²) in [7, 11) is 2.06. The van der Waals surface area contributed by atoms with Gasteiger partial charge in [0.25, 0.3) is 0 Å². The molecule has 0 bridgehead atoms. The van der Waals surface area contributed by atoms with E-state index in [2.05, 4.69) is 44.9 Å². The lowest BCUT2D eigenvalue weighted by atomic mass is 10.0. The lowest BCUT2D eigenvalue weighted by Gasteiger charge is -2.25. The first-order valence-electron chi connectivity index (χ1n) is 5.71. The van der Waals surface area contributed by atoms with E-state index in [0.29, 0.717) is 6.54 Å². The highest BCUT2D eigenvalue weighted by Gasteiger charge is 2.10. The maximum Gasteiger partial charge on any atom is 0.0396 e. The third kappa shape index (κ3) is 2.74. The zero-order chi connectivity index (χ0) is 12.3. The van der Waals surface area contributed by atoms with Crippen molar-refractivity contribution in [2.24, 2.45) is 11.5 Å². The van der Waals surface area contributed by atoms with Crippen LogP contribution in [-0.4, -0.2) is 26.2 Å². The predicted molar refractivity (Wildman–Crippen MR) is 71.0 cm³/mol. The molecule has 1 aromatic carbocycles. The Labute approximate surface area is 98.4 Å². The van der Waals surface area contributed by atoms with Gasteiger partial charge in [-0.15, -0.1) is 0 Å². The second-order valence-electron chi connectivity index (χ2n) is 4.53. The minimum absolute atomic E-state index is 0.0333. The smallest absolute Gasteiger partial charge is 0.0396 e. The fourth-order valence-corrected chi connectivity index (χ4v) is 1.88. The van der Waals surface area contributed by atoms with Crippen molar-refractivity contribution in [2.45, 2.75) is 26.8 Å². The van der Waals surface area contributed by atoms with Crippen LogP contribution in [0.3, 0.4) is 0 Å². The average Bonchev–Trinajstić information content (AvgIpc) is 2.25. The number of aryl methyl sites for hydroxylation is 1. The molecule has 0 aliphatic heterocycles. The number of likely N-dealkylation sites (N-methyl/N-ethyl adjacent to an activating group) is 1. The maximum atomic E-state index is 5.86. The average molecular weight is 221 g/mol. The van der Waals surface area contributed by atoms with Crippen molar-refractivity contribution in [2.75, 3.05) is 25.0 Å². The molecule has 1 unspecified atom stereocenters. The number of anilines is 1. The van der Waals surface area contributed by atoms with Gasteiger partial charge >= 0.3 is 0 Å². The predicted octanol–water partition coefficient (Wildman–Crippen LogP) is 1.33. The number of hydrogen-bond donors (Lipinski definition) is 2. The van der Waals surface area contributed by atoms with Crippen molar-refractivity contribution in [3.8, 4) is 0 Å². The molecule has 0 heterocycles. The summed E-state index contributed by atoms with van der Waals surface area (Å²) in [6, 6.07) is 4.34. The third-order valence-electron chi connectivity index (χ3n) is 3.25. The fourth-order valence-electron chi connectivity index (χ4n) is 1.88. The highest BCUT2D eigenvalue weighted by molar-refractivity contribution is 5.57. The number of benzene rings is 1. The van der Waals surface area contributed by atoms with Gasteiger partial charge in [-0.2, -0.15) is 0 Å². The molecule has 0 radical (unpaired) electrons. The van der Waals surface area contributed by atoms with Gasteiger partial charge in [0.15, 0.2) is 0 Å². The molecule has 0 saturated heterocycles. The SMILES string of the molecule is Cc1ccc(N(C)CC(N)CN)c(C)c1C. The van der Waals surface area contributed by atoms with Crippen molar-refractivity contribution >= 4 is 5.69 Å². The number of nitrogens with two attached hydrogens (primary N) is 2. The van der Waals surface area contributed by atoms with Gasteiger partial charge in [0.05, 0.1) is 0 Å². The molecule has 1 aromatic rings. The normalized spacial score (nSPS) is 12.6. The molecule has 0 amide bonds. The van der Waals surface area contributed by atoms with Crippen LogP contribution < -0.4 is 16.4 Å². The van der Waals surface area contributed by atoms with Gasteiger partial charge in [0.2, 0.25) is 0 Å². The van der Waals surface area contributed by atoms with Gasteiger partial charge in [0, 0.05) is 31.9 Å². The standard InChI is InChI=1S/C13H23N3/c1-9-5-6-13(11(3)10(9)2)16(4)8-12(15)7-14/h5-6,12H,7-8,14-15H2,1-4H3. The molecule has 1 rings (SSSR count). The van der Waals surface area contributed by atoms with Crippen molar-refractivity contribution < 1.29 is 0 Å². The number of rotatable bonds is 4. The summed E-state index contributed by atoms with van der Waals surface area (Å²) in [6.45, 7) is 7.76. The zero-order valence-electron chi connectivity index (χ0n) is 10.7. The lowest BCUT2D eigenvalue weighted by molar-refractivity contribution is 0.667. The molecule has 0 saturated carbocycles. The Balaban J connectivity index is 2.92. The molecule has 0 aliphatic rings. The second-order valence-corrected chi connectivity index (χ2v) is 4.53. The van der Waals surface area contributed by atoms with Crippen LogP contribution >= 0.6 is 0 Å². The van der Waals surface area contributed by atoms with E-state index >= 15 is 0 Å². The van der Waals surface area contributed by atoms with E-state index in [4.69, 9.17) is 11.5 Å². The van der Waals surface area contributed by atoms with Crippen LogP contribution in [-0.2, 0) is 0 Å². The molecule has 0 fully saturated rings. The minimum Gasteiger partial charge on any atom is -0.373 e. The molecule has 0 spiro atoms. The lowest BCUT2D eigenvalue weighted by Crippen LogP contribution is -2.40. The highest BCUT2D eigenvalue weighted by atomic mass is 15.1. The van der Waals surface area contributed by atoms with Crippen LogP contribution in [0.2, 0.25) is 0 Å². The summed E-state index contributed by atoms with van der Waals surface area (Å²) in [4.78, 5) is 2.18. The molecule has 0 aromatic heterocycles. The summed E-state index contributed by atoms with van der Waals surface area (Å²) in [5.74, 6) is 0. The van der Waals surface area contributed by atoms with E-state index in [1.54, 1.807) is 0 Å². The molecule has 90 valence electrons. The van der Waals surface area contributed by atoms with Crippen LogP contribution in [0.25, 0.3) is 0 Å². The Morgan fingerprint density at radius 3 is 2.38 bits per heavy atom. The first kappa shape index (κ1) is 13.0. The second kappa shape index (κ2) is 5.32. The summed E-state index contributed by atoms with van der Waals surface area (Å²) >= 11 is 0. The minimum atomic E-state index is 0.0333. The summed E-state index contributed by atoms with van der Waals surface area (Å²) in [5.41, 5.74) is 16.7. The van der Waals surface area contributed by atoms with Gasteiger partial charge in [-0.25, -0.2) is 0 Å². The Morgan fingerprint density at radius 2 is 1.81 bits per heavy atom. The van der Waals surface area contributed by atoms with Gasteiger partial charge in [0.1, 0.15) is 0 Å². The molecule has 16 heavy (non-hydrogen) atoms. The van der Waals surface area contributed by atoms with E-state index in [9.17, 15) is 0 Å². The first-order chi connectivity index (χ1) is 7.47. The van der Waals surface area contributed by atoms with E-state index in [1.807, 2.05) is 0 Å². The van der Waals surface area contributed by atoms with E-state index in [1.165, 1.54) is 22.4 Å². The van der Waals surface area contributed by atoms with Crippen LogP contribution in [0.15, 0.2) is 12.1 Å². The third-order valence-corrected chi connectivity index (χ3v) is 3.25. The summed E-state index contributed by atoms with van der Waals surface area (Å²) in [5, 5.41) is 0. The Hall–Kier alpha value is -1.06. The molecule has 3 heteroatoms. The van der Waals surface area contributed by atoms with Crippen LogP contribution in [0, 0.1) is 20.8 Å². The van der Waals surface area contributed by atoms with Crippen LogP contribution in [0.4, 0.5) is 5.69 Å². The molecular formula is C13H23N3. The number of nitrogens with zero attached hydrogens (tertiary/aromatic N) is 1. The highest BCUT2D eigenvalue weighted by Crippen LogP contribution is 2.24. The van der Waals surface area contributed by atoms with Gasteiger partial charge in [-0.3, -0.25) is 0 Å². The van der Waals surface area contributed by atoms with Crippen LogP contribution in [0.1, 0.15) is 16.7 Å². The van der Waals surface area contributed by atoms with Crippen LogP contribution in [0.5, 0.6) is 0 Å². The van der Waals surface area contributed by atoms with Gasteiger partial charge in [-0.05, 0) is 43.5 Å². The van der Waals surface area contributed by atoms with E-state index in [0.717, 1.165) is 6.54 Å². The molecule has 1 atom stereocenters. The maximum absolute atomic E-state index is 5.86.